The van der Waals surface area contributed by atoms with Crippen molar-refractivity contribution in [1.29, 1.82) is 0 Å². The Morgan fingerprint density at radius 1 is 1.24 bits per heavy atom. The highest BCUT2D eigenvalue weighted by Gasteiger charge is 2.46. The number of nitrogens with zero attached hydrogens (tertiary/aromatic N) is 3. The standard InChI is InChI=1S/C19H22FN3O2/c1-13-10-16(25-21-13)12-22-6-8-23(9-7-22)19(24)18-11-17(18)14-2-4-15(20)5-3-14/h2-5,10,17-18H,6-9,11-12H2,1H3. The van der Waals surface area contributed by atoms with Crippen LogP contribution in [-0.4, -0.2) is 47.0 Å². The fraction of sp³-hybridized carbons (Fsp3) is 0.474. The third kappa shape index (κ3) is 3.58. The first-order valence-corrected chi connectivity index (χ1v) is 8.79. The zero-order chi connectivity index (χ0) is 17.4. The molecular formula is C19H22FN3O2. The summed E-state index contributed by atoms with van der Waals surface area (Å²) in [5.74, 6) is 1.20. The summed E-state index contributed by atoms with van der Waals surface area (Å²) in [5, 5.41) is 3.91. The number of hydrogen-bond donors (Lipinski definition) is 0. The SMILES string of the molecule is Cc1cc(CN2CCN(C(=O)C3CC3c3ccc(F)cc3)CC2)on1. The van der Waals surface area contributed by atoms with Crippen molar-refractivity contribution in [2.45, 2.75) is 25.8 Å². The number of piperazine rings is 1. The normalized spacial score (nSPS) is 23.7. The van der Waals surface area contributed by atoms with Crippen molar-refractivity contribution in [3.8, 4) is 0 Å². The average molecular weight is 343 g/mol. The third-order valence-electron chi connectivity index (χ3n) is 5.15. The van der Waals surface area contributed by atoms with E-state index in [1.54, 1.807) is 12.1 Å². The number of aromatic nitrogens is 1. The zero-order valence-electron chi connectivity index (χ0n) is 14.3. The van der Waals surface area contributed by atoms with E-state index in [-0.39, 0.29) is 23.6 Å². The number of aryl methyl sites for hydroxylation is 1. The summed E-state index contributed by atoms with van der Waals surface area (Å²) in [6.45, 7) is 5.84. The minimum atomic E-state index is -0.231. The first-order valence-electron chi connectivity index (χ1n) is 8.79. The van der Waals surface area contributed by atoms with E-state index in [1.807, 2.05) is 17.9 Å². The van der Waals surface area contributed by atoms with E-state index in [0.717, 1.165) is 56.2 Å². The first-order chi connectivity index (χ1) is 12.1. The van der Waals surface area contributed by atoms with Gasteiger partial charge in [-0.05, 0) is 37.0 Å². The van der Waals surface area contributed by atoms with Gasteiger partial charge in [-0.15, -0.1) is 0 Å². The van der Waals surface area contributed by atoms with Crippen LogP contribution in [0.1, 0.15) is 29.4 Å². The molecule has 2 aliphatic rings. The second-order valence-corrected chi connectivity index (χ2v) is 7.04. The molecular weight excluding hydrogens is 321 g/mol. The summed E-state index contributed by atoms with van der Waals surface area (Å²) in [6, 6.07) is 8.49. The molecule has 132 valence electrons. The van der Waals surface area contributed by atoms with Crippen LogP contribution >= 0.6 is 0 Å². The maximum atomic E-state index is 13.0. The summed E-state index contributed by atoms with van der Waals surface area (Å²) in [7, 11) is 0. The van der Waals surface area contributed by atoms with Gasteiger partial charge in [-0.25, -0.2) is 4.39 Å². The maximum absolute atomic E-state index is 13.0. The molecule has 0 radical (unpaired) electrons. The van der Waals surface area contributed by atoms with Crippen molar-refractivity contribution in [3.05, 3.63) is 53.2 Å². The van der Waals surface area contributed by atoms with E-state index < -0.39 is 0 Å². The Morgan fingerprint density at radius 2 is 1.96 bits per heavy atom. The van der Waals surface area contributed by atoms with Crippen LogP contribution < -0.4 is 0 Å². The van der Waals surface area contributed by atoms with Crippen LogP contribution in [0.3, 0.4) is 0 Å². The van der Waals surface area contributed by atoms with Gasteiger partial charge in [0, 0.05) is 38.2 Å². The molecule has 0 N–H and O–H groups in total. The van der Waals surface area contributed by atoms with Gasteiger partial charge in [-0.2, -0.15) is 0 Å². The lowest BCUT2D eigenvalue weighted by Gasteiger charge is -2.34. The second-order valence-electron chi connectivity index (χ2n) is 7.04. The molecule has 6 heteroatoms. The molecule has 5 nitrogen and oxygen atoms in total. The molecule has 2 atom stereocenters. The molecule has 2 fully saturated rings. The number of carbonyl (C=O) groups excluding carboxylic acids is 1. The highest BCUT2D eigenvalue weighted by molar-refractivity contribution is 5.83. The van der Waals surface area contributed by atoms with Crippen LogP contribution in [0.5, 0.6) is 0 Å². The monoisotopic (exact) mass is 343 g/mol. The molecule has 2 unspecified atom stereocenters. The molecule has 1 aromatic heterocycles. The van der Waals surface area contributed by atoms with Crippen LogP contribution in [0.2, 0.25) is 0 Å². The van der Waals surface area contributed by atoms with Crippen LogP contribution in [0.15, 0.2) is 34.9 Å². The van der Waals surface area contributed by atoms with Crippen molar-refractivity contribution in [1.82, 2.24) is 15.0 Å². The molecule has 1 amide bonds. The largest absolute Gasteiger partial charge is 0.360 e. The van der Waals surface area contributed by atoms with Crippen LogP contribution in [0.4, 0.5) is 4.39 Å². The Bertz CT molecular complexity index is 750. The molecule has 1 aliphatic carbocycles. The molecule has 0 spiro atoms. The van der Waals surface area contributed by atoms with Crippen molar-refractivity contribution in [2.24, 2.45) is 5.92 Å². The molecule has 2 aromatic rings. The van der Waals surface area contributed by atoms with E-state index in [2.05, 4.69) is 10.1 Å². The number of rotatable bonds is 4. The van der Waals surface area contributed by atoms with Crippen molar-refractivity contribution >= 4 is 5.91 Å². The lowest BCUT2D eigenvalue weighted by Crippen LogP contribution is -2.48. The molecule has 1 aromatic carbocycles. The Morgan fingerprint density at radius 3 is 2.60 bits per heavy atom. The summed E-state index contributed by atoms with van der Waals surface area (Å²) in [6.07, 6.45) is 0.877. The van der Waals surface area contributed by atoms with Gasteiger partial charge in [0.2, 0.25) is 5.91 Å². The molecule has 1 saturated carbocycles. The number of hydrogen-bond acceptors (Lipinski definition) is 4. The summed E-state index contributed by atoms with van der Waals surface area (Å²) in [4.78, 5) is 16.9. The van der Waals surface area contributed by atoms with Crippen LogP contribution in [0, 0.1) is 18.7 Å². The van der Waals surface area contributed by atoms with Gasteiger partial charge in [0.1, 0.15) is 5.82 Å². The number of halogens is 1. The Labute approximate surface area is 146 Å². The quantitative estimate of drug-likeness (QED) is 0.856. The summed E-state index contributed by atoms with van der Waals surface area (Å²) in [5.41, 5.74) is 1.96. The molecule has 0 bridgehead atoms. The van der Waals surface area contributed by atoms with E-state index in [0.29, 0.717) is 0 Å². The van der Waals surface area contributed by atoms with E-state index >= 15 is 0 Å². The van der Waals surface area contributed by atoms with Gasteiger partial charge in [0.15, 0.2) is 5.76 Å². The lowest BCUT2D eigenvalue weighted by atomic mass is 10.1. The highest BCUT2D eigenvalue weighted by Crippen LogP contribution is 2.48. The van der Waals surface area contributed by atoms with E-state index in [4.69, 9.17) is 4.52 Å². The van der Waals surface area contributed by atoms with Gasteiger partial charge < -0.3 is 9.42 Å². The third-order valence-corrected chi connectivity index (χ3v) is 5.15. The fourth-order valence-electron chi connectivity index (χ4n) is 3.62. The Balaban J connectivity index is 1.28. The zero-order valence-corrected chi connectivity index (χ0v) is 14.3. The van der Waals surface area contributed by atoms with Gasteiger partial charge in [-0.1, -0.05) is 17.3 Å². The Kier molecular flexibility index (Phi) is 4.29. The molecule has 4 rings (SSSR count). The minimum absolute atomic E-state index is 0.0638. The van der Waals surface area contributed by atoms with Gasteiger partial charge in [-0.3, -0.25) is 9.69 Å². The highest BCUT2D eigenvalue weighted by atomic mass is 19.1. The predicted octanol–water partition coefficient (Wildman–Crippen LogP) is 2.57. The van der Waals surface area contributed by atoms with Gasteiger partial charge in [0.25, 0.3) is 0 Å². The Hall–Kier alpha value is -2.21. The lowest BCUT2D eigenvalue weighted by molar-refractivity contribution is -0.134. The first kappa shape index (κ1) is 16.3. The van der Waals surface area contributed by atoms with Crippen LogP contribution in [0.25, 0.3) is 0 Å². The van der Waals surface area contributed by atoms with E-state index in [1.165, 1.54) is 12.1 Å². The maximum Gasteiger partial charge on any atom is 0.226 e. The van der Waals surface area contributed by atoms with Gasteiger partial charge in [0.05, 0.1) is 12.2 Å². The molecule has 25 heavy (non-hydrogen) atoms. The fourth-order valence-corrected chi connectivity index (χ4v) is 3.62. The molecule has 2 heterocycles. The minimum Gasteiger partial charge on any atom is -0.360 e. The smallest absolute Gasteiger partial charge is 0.226 e. The molecule has 1 saturated heterocycles. The summed E-state index contributed by atoms with van der Waals surface area (Å²) >= 11 is 0. The van der Waals surface area contributed by atoms with Crippen molar-refractivity contribution in [3.63, 3.8) is 0 Å². The number of benzene rings is 1. The van der Waals surface area contributed by atoms with E-state index in [9.17, 15) is 9.18 Å². The average Bonchev–Trinajstić information content (AvgIpc) is 3.31. The number of carbonyl (C=O) groups is 1. The topological polar surface area (TPSA) is 49.6 Å². The number of amides is 1. The van der Waals surface area contributed by atoms with Gasteiger partial charge >= 0.3 is 0 Å². The van der Waals surface area contributed by atoms with Crippen LogP contribution in [-0.2, 0) is 11.3 Å². The predicted molar refractivity (Wildman–Crippen MR) is 90.3 cm³/mol. The molecule has 1 aliphatic heterocycles. The van der Waals surface area contributed by atoms with Crippen molar-refractivity contribution < 1.29 is 13.7 Å². The van der Waals surface area contributed by atoms with Crippen molar-refractivity contribution in [2.75, 3.05) is 26.2 Å². The summed E-state index contributed by atoms with van der Waals surface area (Å²) < 4.78 is 18.3. The second kappa shape index (κ2) is 6.59.